The molecule has 84 valence electrons. The quantitative estimate of drug-likeness (QED) is 0.673. The van der Waals surface area contributed by atoms with Crippen molar-refractivity contribution in [1.29, 1.82) is 0 Å². The lowest BCUT2D eigenvalue weighted by Crippen LogP contribution is -1.76. The van der Waals surface area contributed by atoms with Crippen molar-refractivity contribution in [1.82, 2.24) is 0 Å². The van der Waals surface area contributed by atoms with Gasteiger partial charge in [0.15, 0.2) is 11.6 Å². The summed E-state index contributed by atoms with van der Waals surface area (Å²) in [6.45, 7) is 0. The molecule has 0 aliphatic carbocycles. The summed E-state index contributed by atoms with van der Waals surface area (Å²) < 4.78 is 24.1. The van der Waals surface area contributed by atoms with E-state index < -0.39 is 17.4 Å². The van der Waals surface area contributed by atoms with Gasteiger partial charge >= 0.3 is 0 Å². The lowest BCUT2D eigenvalue weighted by molar-refractivity contribution is 0.426. The number of phenols is 1. The van der Waals surface area contributed by atoms with Crippen molar-refractivity contribution in [3.8, 4) is 5.75 Å². The van der Waals surface area contributed by atoms with Crippen LogP contribution in [0.1, 0.15) is 0 Å². The molecule has 0 amide bonds. The highest BCUT2D eigenvalue weighted by Gasteiger charge is 1.98. The van der Waals surface area contributed by atoms with Crippen LogP contribution in [0, 0.1) is 11.6 Å². The van der Waals surface area contributed by atoms with Crippen LogP contribution in [0.2, 0.25) is 0 Å². The summed E-state index contributed by atoms with van der Waals surface area (Å²) in [5, 5.41) is 8.49. The minimum Gasteiger partial charge on any atom is -0.505 e. The molecule has 0 radical (unpaired) electrons. The maximum atomic E-state index is 12.1. The average molecular weight is 240 g/mol. The van der Waals surface area contributed by atoms with Crippen molar-refractivity contribution in [2.75, 3.05) is 0 Å². The topological polar surface area (TPSA) is 20.2 Å². The predicted molar refractivity (Wildman–Crippen MR) is 61.7 cm³/mol. The van der Waals surface area contributed by atoms with Crippen molar-refractivity contribution in [2.45, 2.75) is 4.90 Å². The predicted octanol–water partition coefficient (Wildman–Crippen LogP) is 3.65. The van der Waals surface area contributed by atoms with E-state index in [1.807, 2.05) is 30.3 Å². The number of hydrogen-bond acceptors (Lipinski definition) is 2. The number of aromatic hydroxyl groups is 1. The highest BCUT2D eigenvalue weighted by Crippen LogP contribution is 2.14. The molecule has 0 aromatic heterocycles. The molecule has 0 unspecified atom stereocenters. The summed E-state index contributed by atoms with van der Waals surface area (Å²) in [6.07, 6.45) is 0. The van der Waals surface area contributed by atoms with Crippen LogP contribution >= 0.6 is 12.6 Å². The molecular formula is C12H10F2OS. The molecule has 2 aromatic rings. The van der Waals surface area contributed by atoms with Crippen molar-refractivity contribution >= 4 is 12.6 Å². The van der Waals surface area contributed by atoms with Crippen LogP contribution in [-0.4, -0.2) is 5.11 Å². The SMILES string of the molecule is Oc1cc(F)ccc1F.Sc1ccccc1. The van der Waals surface area contributed by atoms with Gasteiger partial charge in [-0.1, -0.05) is 18.2 Å². The highest BCUT2D eigenvalue weighted by atomic mass is 32.1. The van der Waals surface area contributed by atoms with E-state index in [0.29, 0.717) is 0 Å². The summed E-state index contributed by atoms with van der Waals surface area (Å²) in [4.78, 5) is 1.02. The first-order chi connectivity index (χ1) is 7.59. The first-order valence-corrected chi connectivity index (χ1v) is 4.92. The van der Waals surface area contributed by atoms with Gasteiger partial charge in [-0.15, -0.1) is 12.6 Å². The fourth-order valence-corrected chi connectivity index (χ4v) is 1.09. The summed E-state index contributed by atoms with van der Waals surface area (Å²) in [5.74, 6) is -2.11. The molecule has 2 rings (SSSR count). The first-order valence-electron chi connectivity index (χ1n) is 4.47. The maximum absolute atomic E-state index is 12.1. The van der Waals surface area contributed by atoms with Crippen molar-refractivity contribution in [2.24, 2.45) is 0 Å². The molecule has 16 heavy (non-hydrogen) atoms. The molecule has 0 heterocycles. The fourth-order valence-electron chi connectivity index (χ4n) is 0.914. The first kappa shape index (κ1) is 12.5. The van der Waals surface area contributed by atoms with E-state index in [0.717, 1.165) is 23.1 Å². The molecule has 0 saturated carbocycles. The number of halogens is 2. The third kappa shape index (κ3) is 4.31. The average Bonchev–Trinajstić information content (AvgIpc) is 2.26. The van der Waals surface area contributed by atoms with Gasteiger partial charge in [0.2, 0.25) is 0 Å². The van der Waals surface area contributed by atoms with Gasteiger partial charge < -0.3 is 5.11 Å². The molecule has 2 aromatic carbocycles. The molecule has 1 N–H and O–H groups in total. The lowest BCUT2D eigenvalue weighted by atomic mass is 10.3. The van der Waals surface area contributed by atoms with E-state index in [1.165, 1.54) is 0 Å². The zero-order valence-electron chi connectivity index (χ0n) is 8.27. The molecule has 0 bridgehead atoms. The molecule has 0 saturated heterocycles. The molecule has 0 fully saturated rings. The Hall–Kier alpha value is -1.55. The van der Waals surface area contributed by atoms with Gasteiger partial charge in [0.1, 0.15) is 5.82 Å². The van der Waals surface area contributed by atoms with E-state index in [2.05, 4.69) is 12.6 Å². The van der Waals surface area contributed by atoms with Gasteiger partial charge in [-0.05, 0) is 24.3 Å². The molecule has 0 aliphatic heterocycles. The number of thiol groups is 1. The van der Waals surface area contributed by atoms with Gasteiger partial charge in [0.05, 0.1) is 0 Å². The molecule has 0 atom stereocenters. The van der Waals surface area contributed by atoms with Crippen molar-refractivity contribution < 1.29 is 13.9 Å². The number of benzene rings is 2. The van der Waals surface area contributed by atoms with Crippen LogP contribution in [0.15, 0.2) is 53.4 Å². The largest absolute Gasteiger partial charge is 0.505 e. The molecule has 1 nitrogen and oxygen atoms in total. The Morgan fingerprint density at radius 1 is 0.938 bits per heavy atom. The monoisotopic (exact) mass is 240 g/mol. The number of hydrogen-bond donors (Lipinski definition) is 2. The summed E-state index contributed by atoms with van der Waals surface area (Å²) in [7, 11) is 0. The second kappa shape index (κ2) is 6.12. The summed E-state index contributed by atoms with van der Waals surface area (Å²) >= 11 is 4.08. The number of phenolic OH excluding ortho intramolecular Hbond substituents is 1. The second-order valence-corrected chi connectivity index (χ2v) is 3.45. The third-order valence-electron chi connectivity index (χ3n) is 1.66. The Kier molecular flexibility index (Phi) is 4.79. The molecular weight excluding hydrogens is 230 g/mol. The fraction of sp³-hybridized carbons (Fsp3) is 0. The Morgan fingerprint density at radius 3 is 1.94 bits per heavy atom. The van der Waals surface area contributed by atoms with E-state index in [4.69, 9.17) is 5.11 Å². The van der Waals surface area contributed by atoms with Crippen molar-refractivity contribution in [3.05, 3.63) is 60.2 Å². The van der Waals surface area contributed by atoms with Gasteiger partial charge in [0.25, 0.3) is 0 Å². The third-order valence-corrected chi connectivity index (χ3v) is 1.96. The second-order valence-electron chi connectivity index (χ2n) is 2.93. The zero-order chi connectivity index (χ0) is 12.0. The maximum Gasteiger partial charge on any atom is 0.165 e. The van der Waals surface area contributed by atoms with Crippen LogP contribution in [0.3, 0.4) is 0 Å². The van der Waals surface area contributed by atoms with Crippen LogP contribution in [0.5, 0.6) is 5.75 Å². The van der Waals surface area contributed by atoms with E-state index >= 15 is 0 Å². The Labute approximate surface area is 97.8 Å². The normalized spacial score (nSPS) is 9.19. The van der Waals surface area contributed by atoms with E-state index in [9.17, 15) is 8.78 Å². The van der Waals surface area contributed by atoms with E-state index in [-0.39, 0.29) is 0 Å². The molecule has 0 aliphatic rings. The Bertz CT molecular complexity index is 446. The van der Waals surface area contributed by atoms with Crippen LogP contribution in [-0.2, 0) is 0 Å². The standard InChI is InChI=1S/C6H4F2O.C6H6S/c7-4-1-2-5(8)6(9)3-4;7-6-4-2-1-3-5-6/h1-3,9H;1-5,7H. The number of rotatable bonds is 0. The highest BCUT2D eigenvalue weighted by molar-refractivity contribution is 7.80. The van der Waals surface area contributed by atoms with Gasteiger partial charge in [-0.3, -0.25) is 0 Å². The van der Waals surface area contributed by atoms with Crippen molar-refractivity contribution in [3.63, 3.8) is 0 Å². The van der Waals surface area contributed by atoms with Crippen LogP contribution in [0.25, 0.3) is 0 Å². The minimum absolute atomic E-state index is 0.645. The van der Waals surface area contributed by atoms with Crippen LogP contribution in [0.4, 0.5) is 8.78 Å². The Balaban J connectivity index is 0.000000165. The summed E-state index contributed by atoms with van der Waals surface area (Å²) in [5.41, 5.74) is 0. The van der Waals surface area contributed by atoms with Crippen LogP contribution < -0.4 is 0 Å². The van der Waals surface area contributed by atoms with Gasteiger partial charge in [-0.2, -0.15) is 0 Å². The lowest BCUT2D eigenvalue weighted by Gasteiger charge is -1.91. The zero-order valence-corrected chi connectivity index (χ0v) is 9.16. The smallest absolute Gasteiger partial charge is 0.165 e. The minimum atomic E-state index is -0.809. The van der Waals surface area contributed by atoms with Gasteiger partial charge in [-0.25, -0.2) is 8.78 Å². The summed E-state index contributed by atoms with van der Waals surface area (Å²) in [6, 6.07) is 12.3. The Morgan fingerprint density at radius 2 is 1.56 bits per heavy atom. The van der Waals surface area contributed by atoms with E-state index in [1.54, 1.807) is 0 Å². The molecule has 0 spiro atoms. The molecule has 4 heteroatoms. The van der Waals surface area contributed by atoms with Gasteiger partial charge in [0, 0.05) is 11.0 Å².